The summed E-state index contributed by atoms with van der Waals surface area (Å²) in [7, 11) is 0. The number of aromatic nitrogens is 1. The molecule has 2 heterocycles. The topological polar surface area (TPSA) is 65.5 Å². The molecule has 1 unspecified atom stereocenters. The van der Waals surface area contributed by atoms with Crippen LogP contribution in [-0.4, -0.2) is 58.8 Å². The summed E-state index contributed by atoms with van der Waals surface area (Å²) in [6, 6.07) is 18.4. The Hall–Kier alpha value is -3.25. The van der Waals surface area contributed by atoms with Crippen molar-refractivity contribution < 1.29 is 9.59 Å². The third-order valence-corrected chi connectivity index (χ3v) is 9.29. The highest BCUT2D eigenvalue weighted by Gasteiger charge is 2.31. The van der Waals surface area contributed by atoms with E-state index in [0.717, 1.165) is 65.8 Å². The van der Waals surface area contributed by atoms with Crippen LogP contribution in [0.15, 0.2) is 54.6 Å². The Balaban J connectivity index is 1.54. The minimum Gasteiger partial charge on any atom is -0.349 e. The average Bonchev–Trinajstić information content (AvgIpc) is 3.02. The van der Waals surface area contributed by atoms with Gasteiger partial charge in [-0.15, -0.1) is 0 Å². The summed E-state index contributed by atoms with van der Waals surface area (Å²) in [5.41, 5.74) is 4.39. The molecule has 1 aliphatic heterocycles. The number of rotatable bonds is 9. The number of carbonyl (C=O) groups excluding carboxylic acids is 2. The van der Waals surface area contributed by atoms with Crippen LogP contribution in [0, 0.1) is 11.8 Å². The zero-order chi connectivity index (χ0) is 28.8. The summed E-state index contributed by atoms with van der Waals surface area (Å²) in [4.78, 5) is 37.0. The van der Waals surface area contributed by atoms with Crippen LogP contribution in [0.2, 0.25) is 0 Å². The van der Waals surface area contributed by atoms with Gasteiger partial charge in [0, 0.05) is 48.7 Å². The third-order valence-electron chi connectivity index (χ3n) is 9.29. The Morgan fingerprint density at radius 2 is 1.66 bits per heavy atom. The molecule has 2 aromatic carbocycles. The SMILES string of the molecule is CCN(CC)C(=O)C1CCCN(Cc2c(-c3ccccc3)nc3ccccc3c2C(=O)N[C@@H](C)C2CCCCC2)C1. The number of hydrogen-bond donors (Lipinski definition) is 1. The average molecular weight is 555 g/mol. The molecule has 2 amide bonds. The number of piperidine rings is 1. The number of para-hydroxylation sites is 1. The van der Waals surface area contributed by atoms with Gasteiger partial charge in [0.05, 0.1) is 22.7 Å². The molecule has 2 aliphatic rings. The predicted octanol–water partition coefficient (Wildman–Crippen LogP) is 6.68. The van der Waals surface area contributed by atoms with E-state index in [2.05, 4.69) is 29.3 Å². The first kappa shape index (κ1) is 29.2. The van der Waals surface area contributed by atoms with Crippen molar-refractivity contribution in [3.05, 3.63) is 65.7 Å². The van der Waals surface area contributed by atoms with E-state index < -0.39 is 0 Å². The fraction of sp³-hybridized carbons (Fsp3) is 0.514. The molecule has 3 aromatic rings. The molecule has 1 aromatic heterocycles. The van der Waals surface area contributed by atoms with Crippen LogP contribution < -0.4 is 5.32 Å². The second-order valence-corrected chi connectivity index (χ2v) is 11.9. The highest BCUT2D eigenvalue weighted by molar-refractivity contribution is 6.09. The summed E-state index contributed by atoms with van der Waals surface area (Å²) in [5.74, 6) is 0.744. The van der Waals surface area contributed by atoms with Gasteiger partial charge < -0.3 is 10.2 Å². The smallest absolute Gasteiger partial charge is 0.252 e. The maximum atomic E-state index is 14.3. The Kier molecular flexibility index (Phi) is 9.71. The summed E-state index contributed by atoms with van der Waals surface area (Å²) in [5, 5.41) is 4.32. The van der Waals surface area contributed by atoms with Gasteiger partial charge in [-0.05, 0) is 65.0 Å². The number of nitrogens with one attached hydrogen (secondary N) is 1. The molecule has 6 nitrogen and oxygen atoms in total. The van der Waals surface area contributed by atoms with Crippen LogP contribution in [0.25, 0.3) is 22.2 Å². The maximum absolute atomic E-state index is 14.3. The molecule has 218 valence electrons. The van der Waals surface area contributed by atoms with Crippen LogP contribution >= 0.6 is 0 Å². The molecule has 6 heteroatoms. The summed E-state index contributed by atoms with van der Waals surface area (Å²) in [6.45, 7) is 9.94. The zero-order valence-corrected chi connectivity index (χ0v) is 25.1. The number of likely N-dealkylation sites (tertiary alicyclic amines) is 1. The van der Waals surface area contributed by atoms with Gasteiger partial charge in [-0.2, -0.15) is 0 Å². The fourth-order valence-electron chi connectivity index (χ4n) is 6.95. The van der Waals surface area contributed by atoms with Gasteiger partial charge >= 0.3 is 0 Å². The summed E-state index contributed by atoms with van der Waals surface area (Å²) < 4.78 is 0. The van der Waals surface area contributed by atoms with Crippen LogP contribution in [0.3, 0.4) is 0 Å². The molecule has 41 heavy (non-hydrogen) atoms. The normalized spacial score (nSPS) is 19.1. The van der Waals surface area contributed by atoms with E-state index >= 15 is 0 Å². The quantitative estimate of drug-likeness (QED) is 0.320. The highest BCUT2D eigenvalue weighted by atomic mass is 16.2. The molecule has 0 radical (unpaired) electrons. The lowest BCUT2D eigenvalue weighted by atomic mass is 9.84. The molecule has 1 saturated carbocycles. The molecular formula is C35H46N4O2. The first-order chi connectivity index (χ1) is 20.0. The van der Waals surface area contributed by atoms with Crippen LogP contribution in [0.1, 0.15) is 81.6 Å². The molecule has 0 spiro atoms. The van der Waals surface area contributed by atoms with E-state index in [1.807, 2.05) is 61.2 Å². The van der Waals surface area contributed by atoms with Crippen molar-refractivity contribution in [2.45, 2.75) is 78.3 Å². The predicted molar refractivity (Wildman–Crippen MR) is 167 cm³/mol. The van der Waals surface area contributed by atoms with Crippen molar-refractivity contribution in [3.63, 3.8) is 0 Å². The minimum atomic E-state index is -0.0131. The van der Waals surface area contributed by atoms with E-state index in [-0.39, 0.29) is 23.8 Å². The van der Waals surface area contributed by atoms with E-state index in [0.29, 0.717) is 19.0 Å². The molecule has 5 rings (SSSR count). The van der Waals surface area contributed by atoms with Crippen LogP contribution in [0.5, 0.6) is 0 Å². The zero-order valence-electron chi connectivity index (χ0n) is 25.1. The Labute approximate surface area is 245 Å². The van der Waals surface area contributed by atoms with E-state index in [1.54, 1.807) is 0 Å². The lowest BCUT2D eigenvalue weighted by Gasteiger charge is -2.35. The van der Waals surface area contributed by atoms with Gasteiger partial charge in [-0.25, -0.2) is 4.98 Å². The first-order valence-corrected chi connectivity index (χ1v) is 15.8. The van der Waals surface area contributed by atoms with E-state index in [1.165, 1.54) is 32.1 Å². The molecule has 1 saturated heterocycles. The van der Waals surface area contributed by atoms with Gasteiger partial charge in [0.2, 0.25) is 5.91 Å². The molecule has 1 aliphatic carbocycles. The number of benzene rings is 2. The van der Waals surface area contributed by atoms with Crippen molar-refractivity contribution in [3.8, 4) is 11.3 Å². The van der Waals surface area contributed by atoms with Crippen molar-refractivity contribution >= 4 is 22.7 Å². The largest absolute Gasteiger partial charge is 0.349 e. The van der Waals surface area contributed by atoms with Gasteiger partial charge in [0.25, 0.3) is 5.91 Å². The van der Waals surface area contributed by atoms with Crippen molar-refractivity contribution in [2.24, 2.45) is 11.8 Å². The minimum absolute atomic E-state index is 0.0124. The number of fused-ring (bicyclic) bond motifs is 1. The van der Waals surface area contributed by atoms with Gasteiger partial charge in [-0.3, -0.25) is 14.5 Å². The van der Waals surface area contributed by atoms with Crippen LogP contribution in [-0.2, 0) is 11.3 Å². The Bertz CT molecular complexity index is 1330. The van der Waals surface area contributed by atoms with Gasteiger partial charge in [0.15, 0.2) is 0 Å². The second-order valence-electron chi connectivity index (χ2n) is 11.9. The van der Waals surface area contributed by atoms with Crippen molar-refractivity contribution in [1.29, 1.82) is 0 Å². The number of amides is 2. The van der Waals surface area contributed by atoms with Crippen LogP contribution in [0.4, 0.5) is 0 Å². The van der Waals surface area contributed by atoms with E-state index in [4.69, 9.17) is 4.98 Å². The summed E-state index contributed by atoms with van der Waals surface area (Å²) in [6.07, 6.45) is 8.03. The number of nitrogens with zero attached hydrogens (tertiary/aromatic N) is 3. The molecule has 0 bridgehead atoms. The highest BCUT2D eigenvalue weighted by Crippen LogP contribution is 2.33. The molecular weight excluding hydrogens is 508 g/mol. The Morgan fingerprint density at radius 1 is 0.951 bits per heavy atom. The standard InChI is InChI=1S/C35H46N4O2/c1-4-39(5-2)35(41)28-19-14-22-38(23-28)24-30-32(34(40)36-25(3)26-15-8-6-9-16-26)29-20-12-13-21-31(29)37-33(30)27-17-10-7-11-18-27/h7,10-13,17-18,20-21,25-26,28H,4-6,8-9,14-16,19,22-24H2,1-3H3,(H,36,40)/t25-,28?/m0/s1. The van der Waals surface area contributed by atoms with E-state index in [9.17, 15) is 9.59 Å². The maximum Gasteiger partial charge on any atom is 0.252 e. The second kappa shape index (κ2) is 13.6. The Morgan fingerprint density at radius 3 is 2.39 bits per heavy atom. The van der Waals surface area contributed by atoms with Crippen molar-refractivity contribution in [2.75, 3.05) is 26.2 Å². The molecule has 2 fully saturated rings. The fourth-order valence-corrected chi connectivity index (χ4v) is 6.95. The monoisotopic (exact) mass is 554 g/mol. The number of pyridine rings is 1. The van der Waals surface area contributed by atoms with Crippen molar-refractivity contribution in [1.82, 2.24) is 20.1 Å². The number of hydrogen-bond acceptors (Lipinski definition) is 4. The number of carbonyl (C=O) groups is 2. The van der Waals surface area contributed by atoms with Gasteiger partial charge in [0.1, 0.15) is 0 Å². The molecule has 2 atom stereocenters. The first-order valence-electron chi connectivity index (χ1n) is 15.8. The summed E-state index contributed by atoms with van der Waals surface area (Å²) >= 11 is 0. The lowest BCUT2D eigenvalue weighted by molar-refractivity contribution is -0.137. The van der Waals surface area contributed by atoms with Gasteiger partial charge in [-0.1, -0.05) is 67.8 Å². The lowest BCUT2D eigenvalue weighted by Crippen LogP contribution is -2.45. The molecule has 1 N–H and O–H groups in total. The third kappa shape index (κ3) is 6.64.